The van der Waals surface area contributed by atoms with E-state index in [4.69, 9.17) is 0 Å². The Morgan fingerprint density at radius 2 is 1.92 bits per heavy atom. The van der Waals surface area contributed by atoms with Gasteiger partial charge in [0.25, 0.3) is 5.91 Å². The monoisotopic (exact) mass is 333 g/mol. The lowest BCUT2D eigenvalue weighted by Gasteiger charge is -2.08. The molecule has 0 aliphatic heterocycles. The molecule has 6 nitrogen and oxygen atoms in total. The van der Waals surface area contributed by atoms with E-state index in [1.54, 1.807) is 18.2 Å². The van der Waals surface area contributed by atoms with Gasteiger partial charge >= 0.3 is 12.3 Å². The molecule has 0 aliphatic carbocycles. The average Bonchev–Trinajstić information content (AvgIpc) is 2.91. The fraction of sp³-hybridized carbons (Fsp3) is 0.125. The lowest BCUT2D eigenvalue weighted by molar-refractivity contribution is -0.0498. The zero-order valence-corrected chi connectivity index (χ0v) is 12.3. The molecule has 2 aromatic carbocycles. The number of carbonyl (C=O) groups is 1. The largest absolute Gasteiger partial charge is 0.435 e. The minimum Gasteiger partial charge on any atom is -0.435 e. The van der Waals surface area contributed by atoms with Crippen LogP contribution in [0.2, 0.25) is 0 Å². The van der Waals surface area contributed by atoms with Crippen molar-refractivity contribution in [3.63, 3.8) is 0 Å². The van der Waals surface area contributed by atoms with E-state index in [9.17, 15) is 18.4 Å². The van der Waals surface area contributed by atoms with Gasteiger partial charge < -0.3 is 20.0 Å². The summed E-state index contributed by atoms with van der Waals surface area (Å²) >= 11 is 0. The molecule has 0 saturated heterocycles. The minimum atomic E-state index is -2.95. The van der Waals surface area contributed by atoms with Crippen LogP contribution in [-0.2, 0) is 6.54 Å². The second-order valence-corrected chi connectivity index (χ2v) is 5.05. The van der Waals surface area contributed by atoms with Gasteiger partial charge in [-0.2, -0.15) is 8.78 Å². The van der Waals surface area contributed by atoms with Crippen molar-refractivity contribution < 1.29 is 18.3 Å². The number of aromatic nitrogens is 2. The Kier molecular flexibility index (Phi) is 4.28. The van der Waals surface area contributed by atoms with Crippen LogP contribution in [0.15, 0.2) is 47.3 Å². The summed E-state index contributed by atoms with van der Waals surface area (Å²) in [5, 5.41) is 2.68. The van der Waals surface area contributed by atoms with Crippen LogP contribution in [0, 0.1) is 0 Å². The molecule has 0 radical (unpaired) electrons. The van der Waals surface area contributed by atoms with E-state index in [2.05, 4.69) is 20.0 Å². The highest BCUT2D eigenvalue weighted by atomic mass is 19.3. The molecule has 1 amide bonds. The van der Waals surface area contributed by atoms with Crippen molar-refractivity contribution in [1.29, 1.82) is 0 Å². The topological polar surface area (TPSA) is 87.0 Å². The van der Waals surface area contributed by atoms with Crippen molar-refractivity contribution in [2.24, 2.45) is 0 Å². The highest BCUT2D eigenvalue weighted by molar-refractivity contribution is 5.94. The second-order valence-electron chi connectivity index (χ2n) is 5.05. The fourth-order valence-electron chi connectivity index (χ4n) is 2.29. The highest BCUT2D eigenvalue weighted by Crippen LogP contribution is 2.16. The Morgan fingerprint density at radius 3 is 2.71 bits per heavy atom. The van der Waals surface area contributed by atoms with Gasteiger partial charge in [-0.15, -0.1) is 0 Å². The molecular weight excluding hydrogens is 320 g/mol. The highest BCUT2D eigenvalue weighted by Gasteiger charge is 2.09. The summed E-state index contributed by atoms with van der Waals surface area (Å²) in [5.41, 5.74) is 2.00. The lowest BCUT2D eigenvalue weighted by Crippen LogP contribution is -2.22. The zero-order chi connectivity index (χ0) is 17.1. The number of carbonyl (C=O) groups excluding carboxylic acids is 1. The number of aromatic amines is 2. The van der Waals surface area contributed by atoms with Crippen LogP contribution in [-0.4, -0.2) is 22.5 Å². The van der Waals surface area contributed by atoms with Gasteiger partial charge in [-0.3, -0.25) is 4.79 Å². The first-order valence-corrected chi connectivity index (χ1v) is 7.05. The van der Waals surface area contributed by atoms with Crippen molar-refractivity contribution in [3.8, 4) is 5.75 Å². The molecule has 0 unspecified atom stereocenters. The Hall–Kier alpha value is -3.16. The third-order valence-corrected chi connectivity index (χ3v) is 3.35. The molecule has 0 bridgehead atoms. The number of fused-ring (bicyclic) bond motifs is 1. The maximum atomic E-state index is 12.2. The Bertz CT molecular complexity index is 933. The van der Waals surface area contributed by atoms with Gasteiger partial charge in [0.1, 0.15) is 5.75 Å². The molecule has 24 heavy (non-hydrogen) atoms. The van der Waals surface area contributed by atoms with Gasteiger partial charge in [-0.25, -0.2) is 4.79 Å². The van der Waals surface area contributed by atoms with Crippen LogP contribution < -0.4 is 15.7 Å². The first kappa shape index (κ1) is 15.7. The normalized spacial score (nSPS) is 11.0. The summed E-state index contributed by atoms with van der Waals surface area (Å²) in [7, 11) is 0. The molecule has 3 rings (SSSR count). The average molecular weight is 333 g/mol. The Morgan fingerprint density at radius 1 is 1.12 bits per heavy atom. The SMILES string of the molecule is O=C(NCc1ccc2[nH]c(=O)[nH]c2c1)c1cccc(OC(F)F)c1. The maximum absolute atomic E-state index is 12.2. The molecule has 0 spiro atoms. The van der Waals surface area contributed by atoms with Crippen LogP contribution in [0.4, 0.5) is 8.78 Å². The van der Waals surface area contributed by atoms with E-state index in [0.717, 1.165) is 5.56 Å². The number of halogens is 2. The van der Waals surface area contributed by atoms with Gasteiger partial charge in [0, 0.05) is 12.1 Å². The summed E-state index contributed by atoms with van der Waals surface area (Å²) in [6, 6.07) is 10.8. The van der Waals surface area contributed by atoms with Crippen LogP contribution in [0.5, 0.6) is 5.75 Å². The predicted octanol–water partition coefficient (Wildman–Crippen LogP) is 2.39. The second kappa shape index (κ2) is 6.53. The quantitative estimate of drug-likeness (QED) is 0.670. The number of benzene rings is 2. The third-order valence-electron chi connectivity index (χ3n) is 3.35. The molecule has 124 valence electrons. The standard InChI is InChI=1S/C16H13F2N3O3/c17-15(18)24-11-3-1-2-10(7-11)14(22)19-8-9-4-5-12-13(6-9)21-16(23)20-12/h1-7,15H,8H2,(H,19,22)(H2,20,21,23). The summed E-state index contributed by atoms with van der Waals surface area (Å²) in [4.78, 5) is 28.6. The van der Waals surface area contributed by atoms with E-state index in [1.165, 1.54) is 24.3 Å². The fourth-order valence-corrected chi connectivity index (χ4v) is 2.29. The van der Waals surface area contributed by atoms with Crippen molar-refractivity contribution in [2.75, 3.05) is 0 Å². The van der Waals surface area contributed by atoms with Crippen molar-refractivity contribution in [2.45, 2.75) is 13.2 Å². The number of hydrogen-bond donors (Lipinski definition) is 3. The maximum Gasteiger partial charge on any atom is 0.387 e. The van der Waals surface area contributed by atoms with E-state index < -0.39 is 12.5 Å². The number of amides is 1. The Balaban J connectivity index is 1.68. The molecule has 0 atom stereocenters. The van der Waals surface area contributed by atoms with Gasteiger partial charge in [0.15, 0.2) is 0 Å². The number of hydrogen-bond acceptors (Lipinski definition) is 3. The van der Waals surface area contributed by atoms with Crippen molar-refractivity contribution >= 4 is 16.9 Å². The summed E-state index contributed by atoms with van der Waals surface area (Å²) in [6.45, 7) is -2.72. The lowest BCUT2D eigenvalue weighted by atomic mass is 10.1. The number of nitrogens with one attached hydrogen (secondary N) is 3. The predicted molar refractivity (Wildman–Crippen MR) is 83.2 cm³/mol. The molecule has 1 aromatic heterocycles. The molecule has 0 aliphatic rings. The summed E-state index contributed by atoms with van der Waals surface area (Å²) in [5.74, 6) is -0.499. The molecular formula is C16H13F2N3O3. The van der Waals surface area contributed by atoms with E-state index in [-0.39, 0.29) is 23.5 Å². The van der Waals surface area contributed by atoms with E-state index >= 15 is 0 Å². The molecule has 0 saturated carbocycles. The number of ether oxygens (including phenoxy) is 1. The van der Waals surface area contributed by atoms with Crippen LogP contribution in [0.3, 0.4) is 0 Å². The Labute approximate surface area is 134 Å². The minimum absolute atomic E-state index is 0.0797. The molecule has 3 N–H and O–H groups in total. The summed E-state index contributed by atoms with van der Waals surface area (Å²) in [6.07, 6.45) is 0. The first-order valence-electron chi connectivity index (χ1n) is 7.05. The van der Waals surface area contributed by atoms with Crippen LogP contribution >= 0.6 is 0 Å². The number of H-pyrrole nitrogens is 2. The third kappa shape index (κ3) is 3.60. The number of alkyl halides is 2. The van der Waals surface area contributed by atoms with Gasteiger partial charge in [0.05, 0.1) is 11.0 Å². The van der Waals surface area contributed by atoms with Crippen LogP contribution in [0.25, 0.3) is 11.0 Å². The molecule has 8 heteroatoms. The number of rotatable bonds is 5. The molecule has 3 aromatic rings. The van der Waals surface area contributed by atoms with Crippen molar-refractivity contribution in [3.05, 3.63) is 64.1 Å². The molecule has 1 heterocycles. The van der Waals surface area contributed by atoms with E-state index in [0.29, 0.717) is 11.0 Å². The smallest absolute Gasteiger partial charge is 0.387 e. The van der Waals surface area contributed by atoms with Crippen LogP contribution in [0.1, 0.15) is 15.9 Å². The van der Waals surface area contributed by atoms with E-state index in [1.807, 2.05) is 0 Å². The van der Waals surface area contributed by atoms with Crippen molar-refractivity contribution in [1.82, 2.24) is 15.3 Å². The zero-order valence-electron chi connectivity index (χ0n) is 12.3. The van der Waals surface area contributed by atoms with Gasteiger partial charge in [-0.1, -0.05) is 12.1 Å². The summed E-state index contributed by atoms with van der Waals surface area (Å²) < 4.78 is 28.7. The molecule has 0 fully saturated rings. The van der Waals surface area contributed by atoms with Gasteiger partial charge in [-0.05, 0) is 35.9 Å². The first-order chi connectivity index (χ1) is 11.5. The number of imidazole rings is 1. The van der Waals surface area contributed by atoms with Gasteiger partial charge in [0.2, 0.25) is 0 Å².